The van der Waals surface area contributed by atoms with Crippen molar-refractivity contribution in [1.29, 1.82) is 0 Å². The Morgan fingerprint density at radius 1 is 1.33 bits per heavy atom. The highest BCUT2D eigenvalue weighted by atomic mass is 15.2. The van der Waals surface area contributed by atoms with Crippen molar-refractivity contribution in [2.45, 2.75) is 53.6 Å². The number of likely N-dealkylation sites (tertiary alicyclic amines) is 1. The summed E-state index contributed by atoms with van der Waals surface area (Å²) in [6.45, 7) is 16.0. The Morgan fingerprint density at radius 3 is 2.20 bits per heavy atom. The second-order valence-corrected chi connectivity index (χ2v) is 6.48. The standard InChI is InChI=1S/C13H28N2/c1-9(2)15-8-10(3)11(7-14)12(15)13(4,5)6/h9-12H,7-8,14H2,1-6H3/t10-,11-,12?/m1/s1. The zero-order valence-electron chi connectivity index (χ0n) is 11.2. The summed E-state index contributed by atoms with van der Waals surface area (Å²) < 4.78 is 0. The molecule has 1 rings (SSSR count). The molecule has 0 aromatic heterocycles. The summed E-state index contributed by atoms with van der Waals surface area (Å²) in [4.78, 5) is 2.64. The van der Waals surface area contributed by atoms with Crippen LogP contribution in [-0.2, 0) is 0 Å². The van der Waals surface area contributed by atoms with Crippen LogP contribution in [-0.4, -0.2) is 30.1 Å². The van der Waals surface area contributed by atoms with Gasteiger partial charge in [-0.15, -0.1) is 0 Å². The van der Waals surface area contributed by atoms with Gasteiger partial charge in [-0.25, -0.2) is 0 Å². The lowest BCUT2D eigenvalue weighted by Crippen LogP contribution is -2.47. The number of rotatable bonds is 2. The number of hydrogen-bond acceptors (Lipinski definition) is 2. The molecule has 0 spiro atoms. The Bertz CT molecular complexity index is 205. The van der Waals surface area contributed by atoms with E-state index in [0.717, 1.165) is 12.5 Å². The Kier molecular flexibility index (Phi) is 3.83. The van der Waals surface area contributed by atoms with Crippen LogP contribution < -0.4 is 5.73 Å². The fourth-order valence-corrected chi connectivity index (χ4v) is 3.17. The minimum absolute atomic E-state index is 0.332. The molecule has 0 bridgehead atoms. The van der Waals surface area contributed by atoms with Crippen LogP contribution in [0.2, 0.25) is 0 Å². The van der Waals surface area contributed by atoms with Crippen LogP contribution >= 0.6 is 0 Å². The normalized spacial score (nSPS) is 34.0. The maximum absolute atomic E-state index is 5.95. The largest absolute Gasteiger partial charge is 0.330 e. The fraction of sp³-hybridized carbons (Fsp3) is 1.00. The van der Waals surface area contributed by atoms with Gasteiger partial charge in [-0.1, -0.05) is 27.7 Å². The molecule has 1 aliphatic rings. The Balaban J connectivity index is 2.92. The molecule has 90 valence electrons. The van der Waals surface area contributed by atoms with E-state index >= 15 is 0 Å². The van der Waals surface area contributed by atoms with Gasteiger partial charge in [0.25, 0.3) is 0 Å². The third-order valence-electron chi connectivity index (χ3n) is 3.82. The molecule has 1 heterocycles. The van der Waals surface area contributed by atoms with Crippen LogP contribution in [0, 0.1) is 17.3 Å². The van der Waals surface area contributed by atoms with Gasteiger partial charge < -0.3 is 5.73 Å². The topological polar surface area (TPSA) is 29.3 Å². The molecule has 3 atom stereocenters. The van der Waals surface area contributed by atoms with Crippen LogP contribution in [0.5, 0.6) is 0 Å². The van der Waals surface area contributed by atoms with E-state index in [9.17, 15) is 0 Å². The first kappa shape index (κ1) is 13.0. The summed E-state index contributed by atoms with van der Waals surface area (Å²) in [6, 6.07) is 1.27. The number of nitrogens with zero attached hydrogens (tertiary/aromatic N) is 1. The molecule has 0 radical (unpaired) electrons. The molecule has 0 aliphatic carbocycles. The van der Waals surface area contributed by atoms with E-state index in [2.05, 4.69) is 46.4 Å². The highest BCUT2D eigenvalue weighted by molar-refractivity contribution is 4.98. The van der Waals surface area contributed by atoms with Crippen molar-refractivity contribution in [3.05, 3.63) is 0 Å². The molecule has 1 fully saturated rings. The minimum atomic E-state index is 0.332. The summed E-state index contributed by atoms with van der Waals surface area (Å²) >= 11 is 0. The Hall–Kier alpha value is -0.0800. The van der Waals surface area contributed by atoms with Crippen molar-refractivity contribution in [3.8, 4) is 0 Å². The van der Waals surface area contributed by atoms with Gasteiger partial charge in [0.1, 0.15) is 0 Å². The molecule has 0 aromatic rings. The monoisotopic (exact) mass is 212 g/mol. The van der Waals surface area contributed by atoms with Gasteiger partial charge in [0, 0.05) is 18.6 Å². The zero-order valence-corrected chi connectivity index (χ0v) is 11.2. The number of hydrogen-bond donors (Lipinski definition) is 1. The van der Waals surface area contributed by atoms with Crippen molar-refractivity contribution in [1.82, 2.24) is 4.90 Å². The lowest BCUT2D eigenvalue weighted by atomic mass is 9.77. The van der Waals surface area contributed by atoms with Gasteiger partial charge >= 0.3 is 0 Å². The molecule has 15 heavy (non-hydrogen) atoms. The molecule has 2 N–H and O–H groups in total. The summed E-state index contributed by atoms with van der Waals surface area (Å²) in [5.74, 6) is 1.40. The third-order valence-corrected chi connectivity index (χ3v) is 3.82. The molecule has 1 saturated heterocycles. The maximum Gasteiger partial charge on any atom is 0.0190 e. The first-order valence-electron chi connectivity index (χ1n) is 6.24. The van der Waals surface area contributed by atoms with Crippen LogP contribution in [0.4, 0.5) is 0 Å². The van der Waals surface area contributed by atoms with Gasteiger partial charge in [-0.2, -0.15) is 0 Å². The van der Waals surface area contributed by atoms with Gasteiger partial charge in [0.15, 0.2) is 0 Å². The van der Waals surface area contributed by atoms with E-state index in [1.807, 2.05) is 0 Å². The quantitative estimate of drug-likeness (QED) is 0.761. The number of nitrogens with two attached hydrogens (primary N) is 1. The van der Waals surface area contributed by atoms with Crippen molar-refractivity contribution >= 4 is 0 Å². The minimum Gasteiger partial charge on any atom is -0.330 e. The van der Waals surface area contributed by atoms with Crippen molar-refractivity contribution in [3.63, 3.8) is 0 Å². The summed E-state index contributed by atoms with van der Waals surface area (Å²) in [5, 5.41) is 0. The molecule has 2 nitrogen and oxygen atoms in total. The van der Waals surface area contributed by atoms with Crippen LogP contribution in [0.3, 0.4) is 0 Å². The van der Waals surface area contributed by atoms with E-state index in [-0.39, 0.29) is 0 Å². The molecule has 0 amide bonds. The first-order valence-corrected chi connectivity index (χ1v) is 6.24. The van der Waals surface area contributed by atoms with Crippen LogP contribution in [0.15, 0.2) is 0 Å². The molecule has 1 unspecified atom stereocenters. The molecule has 1 aliphatic heterocycles. The zero-order chi connectivity index (χ0) is 11.8. The highest BCUT2D eigenvalue weighted by Gasteiger charge is 2.45. The lowest BCUT2D eigenvalue weighted by Gasteiger charge is -2.40. The molecular weight excluding hydrogens is 184 g/mol. The SMILES string of the molecule is CC(C)N1C[C@@H](C)[C@@H](CN)C1C(C)(C)C. The first-order chi connectivity index (χ1) is 6.79. The third kappa shape index (κ3) is 2.54. The van der Waals surface area contributed by atoms with Gasteiger partial charge in [0.2, 0.25) is 0 Å². The van der Waals surface area contributed by atoms with E-state index < -0.39 is 0 Å². The van der Waals surface area contributed by atoms with E-state index in [1.54, 1.807) is 0 Å². The van der Waals surface area contributed by atoms with E-state index in [4.69, 9.17) is 5.73 Å². The van der Waals surface area contributed by atoms with Crippen molar-refractivity contribution < 1.29 is 0 Å². The van der Waals surface area contributed by atoms with Crippen molar-refractivity contribution in [2.75, 3.05) is 13.1 Å². The predicted molar refractivity (Wildman–Crippen MR) is 66.8 cm³/mol. The Labute approximate surface area is 95.2 Å². The Morgan fingerprint density at radius 2 is 1.87 bits per heavy atom. The summed E-state index contributed by atoms with van der Waals surface area (Å²) in [7, 11) is 0. The van der Waals surface area contributed by atoms with Gasteiger partial charge in [0.05, 0.1) is 0 Å². The predicted octanol–water partition coefficient (Wildman–Crippen LogP) is 2.34. The van der Waals surface area contributed by atoms with Gasteiger partial charge in [-0.3, -0.25) is 4.90 Å². The summed E-state index contributed by atoms with van der Waals surface area (Å²) in [6.07, 6.45) is 0. The average Bonchev–Trinajstić information content (AvgIpc) is 2.41. The molecule has 0 aromatic carbocycles. The second-order valence-electron chi connectivity index (χ2n) is 6.48. The van der Waals surface area contributed by atoms with E-state index in [1.165, 1.54) is 6.54 Å². The second kappa shape index (κ2) is 4.42. The molecular formula is C13H28N2. The fourth-order valence-electron chi connectivity index (χ4n) is 3.17. The highest BCUT2D eigenvalue weighted by Crippen LogP contribution is 2.40. The average molecular weight is 212 g/mol. The van der Waals surface area contributed by atoms with E-state index in [0.29, 0.717) is 23.4 Å². The van der Waals surface area contributed by atoms with Crippen molar-refractivity contribution in [2.24, 2.45) is 23.0 Å². The van der Waals surface area contributed by atoms with Crippen LogP contribution in [0.25, 0.3) is 0 Å². The smallest absolute Gasteiger partial charge is 0.0190 e. The maximum atomic E-state index is 5.95. The summed E-state index contributed by atoms with van der Waals surface area (Å²) in [5.41, 5.74) is 6.28. The van der Waals surface area contributed by atoms with Crippen LogP contribution in [0.1, 0.15) is 41.5 Å². The van der Waals surface area contributed by atoms with Gasteiger partial charge in [-0.05, 0) is 37.6 Å². The lowest BCUT2D eigenvalue weighted by molar-refractivity contribution is 0.0869. The molecule has 2 heteroatoms. The molecule has 0 saturated carbocycles.